The number of halogens is 3. The molecule has 0 saturated carbocycles. The summed E-state index contributed by atoms with van der Waals surface area (Å²) < 4.78 is 13.7. The Morgan fingerprint density at radius 3 is 2.70 bits per heavy atom. The van der Waals surface area contributed by atoms with Gasteiger partial charge in [0.05, 0.1) is 5.69 Å². The number of carbonyl (C=O) groups excluding carboxylic acids is 1. The largest absolute Gasteiger partial charge is 0.323 e. The molecule has 0 spiro atoms. The first kappa shape index (κ1) is 14.8. The van der Waals surface area contributed by atoms with Crippen LogP contribution in [-0.4, -0.2) is 6.03 Å². The number of hydrogen-bond donors (Lipinski definition) is 2. The van der Waals surface area contributed by atoms with Gasteiger partial charge in [-0.05, 0) is 58.7 Å². The van der Waals surface area contributed by atoms with E-state index in [9.17, 15) is 9.18 Å². The highest BCUT2D eigenvalue weighted by atomic mass is 79.9. The molecule has 0 saturated heterocycles. The van der Waals surface area contributed by atoms with Gasteiger partial charge in [0.1, 0.15) is 5.82 Å². The average Bonchev–Trinajstić information content (AvgIpc) is 2.36. The lowest BCUT2D eigenvalue weighted by molar-refractivity contribution is 0.262. The standard InChI is InChI=1S/C14H11BrClFN2O/c1-8-5-11(15)13(7-12(8)16)19-14(20)18-10-4-2-3-9(17)6-10/h2-7H,1H3,(H2,18,19,20). The lowest BCUT2D eigenvalue weighted by Gasteiger charge is -2.10. The van der Waals surface area contributed by atoms with Crippen LogP contribution in [0.2, 0.25) is 5.02 Å². The van der Waals surface area contributed by atoms with E-state index >= 15 is 0 Å². The van der Waals surface area contributed by atoms with E-state index in [0.717, 1.165) is 5.56 Å². The first-order chi connectivity index (χ1) is 9.45. The zero-order valence-electron chi connectivity index (χ0n) is 10.5. The van der Waals surface area contributed by atoms with E-state index in [2.05, 4.69) is 26.6 Å². The molecule has 2 aromatic carbocycles. The van der Waals surface area contributed by atoms with Gasteiger partial charge in [0.15, 0.2) is 0 Å². The third kappa shape index (κ3) is 3.71. The maximum absolute atomic E-state index is 13.0. The molecule has 0 aliphatic rings. The zero-order valence-corrected chi connectivity index (χ0v) is 12.8. The van der Waals surface area contributed by atoms with Crippen LogP contribution in [0.5, 0.6) is 0 Å². The van der Waals surface area contributed by atoms with Crippen molar-refractivity contribution in [2.75, 3.05) is 10.6 Å². The number of anilines is 2. The molecule has 0 unspecified atom stereocenters. The van der Waals surface area contributed by atoms with E-state index in [0.29, 0.717) is 20.9 Å². The Balaban J connectivity index is 2.10. The van der Waals surface area contributed by atoms with Gasteiger partial charge in [-0.3, -0.25) is 0 Å². The molecule has 0 aromatic heterocycles. The molecule has 3 nitrogen and oxygen atoms in total. The number of rotatable bonds is 2. The summed E-state index contributed by atoms with van der Waals surface area (Å²) in [6, 6.07) is 8.63. The van der Waals surface area contributed by atoms with Crippen molar-refractivity contribution in [1.29, 1.82) is 0 Å². The van der Waals surface area contributed by atoms with Gasteiger partial charge < -0.3 is 10.6 Å². The summed E-state index contributed by atoms with van der Waals surface area (Å²) in [5.74, 6) is -0.414. The highest BCUT2D eigenvalue weighted by Crippen LogP contribution is 2.29. The van der Waals surface area contributed by atoms with Crippen molar-refractivity contribution in [3.63, 3.8) is 0 Å². The van der Waals surface area contributed by atoms with E-state index in [-0.39, 0.29) is 0 Å². The Hall–Kier alpha value is -1.59. The second kappa shape index (κ2) is 6.24. The highest BCUT2D eigenvalue weighted by Gasteiger charge is 2.08. The molecule has 0 heterocycles. The molecule has 2 amide bonds. The van der Waals surface area contributed by atoms with Crippen molar-refractivity contribution in [2.45, 2.75) is 6.92 Å². The molecule has 2 rings (SSSR count). The molecule has 0 bridgehead atoms. The van der Waals surface area contributed by atoms with E-state index < -0.39 is 11.8 Å². The summed E-state index contributed by atoms with van der Waals surface area (Å²) in [6.45, 7) is 1.86. The third-order valence-corrected chi connectivity index (χ3v) is 3.64. The minimum Gasteiger partial charge on any atom is -0.308 e. The fourth-order valence-electron chi connectivity index (χ4n) is 1.59. The second-order valence-electron chi connectivity index (χ2n) is 4.17. The summed E-state index contributed by atoms with van der Waals surface area (Å²) in [7, 11) is 0. The molecular weight excluding hydrogens is 347 g/mol. The van der Waals surface area contributed by atoms with Crippen LogP contribution in [-0.2, 0) is 0 Å². The van der Waals surface area contributed by atoms with Gasteiger partial charge in [-0.2, -0.15) is 0 Å². The van der Waals surface area contributed by atoms with Gasteiger partial charge in [0.25, 0.3) is 0 Å². The molecule has 0 radical (unpaired) electrons. The number of nitrogens with one attached hydrogen (secondary N) is 2. The maximum atomic E-state index is 13.0. The summed E-state index contributed by atoms with van der Waals surface area (Å²) in [5, 5.41) is 5.73. The average molecular weight is 358 g/mol. The molecule has 0 atom stereocenters. The van der Waals surface area contributed by atoms with Crippen molar-refractivity contribution >= 4 is 44.9 Å². The summed E-state index contributed by atoms with van der Waals surface area (Å²) in [6.07, 6.45) is 0. The van der Waals surface area contributed by atoms with Crippen LogP contribution in [0.25, 0.3) is 0 Å². The summed E-state index contributed by atoms with van der Waals surface area (Å²) >= 11 is 9.35. The monoisotopic (exact) mass is 356 g/mol. The minimum absolute atomic E-state index is 0.372. The fraction of sp³-hybridized carbons (Fsp3) is 0.0714. The Morgan fingerprint density at radius 2 is 2.00 bits per heavy atom. The molecular formula is C14H11BrClFN2O. The van der Waals surface area contributed by atoms with Crippen LogP contribution < -0.4 is 10.6 Å². The zero-order chi connectivity index (χ0) is 14.7. The molecule has 6 heteroatoms. The van der Waals surface area contributed by atoms with Gasteiger partial charge in [0.2, 0.25) is 0 Å². The highest BCUT2D eigenvalue weighted by molar-refractivity contribution is 9.10. The third-order valence-electron chi connectivity index (χ3n) is 2.58. The SMILES string of the molecule is Cc1cc(Br)c(NC(=O)Nc2cccc(F)c2)cc1Cl. The number of benzene rings is 2. The van der Waals surface area contributed by atoms with E-state index in [1.54, 1.807) is 18.2 Å². The van der Waals surface area contributed by atoms with Crippen molar-refractivity contribution in [1.82, 2.24) is 0 Å². The summed E-state index contributed by atoms with van der Waals surface area (Å²) in [4.78, 5) is 11.8. The van der Waals surface area contributed by atoms with Gasteiger partial charge in [0, 0.05) is 15.2 Å². The van der Waals surface area contributed by atoms with Crippen LogP contribution in [0.3, 0.4) is 0 Å². The van der Waals surface area contributed by atoms with Crippen molar-refractivity contribution < 1.29 is 9.18 Å². The van der Waals surface area contributed by atoms with Crippen LogP contribution in [0, 0.1) is 12.7 Å². The number of hydrogen-bond acceptors (Lipinski definition) is 1. The number of amides is 2. The van der Waals surface area contributed by atoms with E-state index in [1.807, 2.05) is 6.92 Å². The number of aryl methyl sites for hydroxylation is 1. The van der Waals surface area contributed by atoms with Gasteiger partial charge in [-0.25, -0.2) is 9.18 Å². The Morgan fingerprint density at radius 1 is 1.25 bits per heavy atom. The van der Waals surface area contributed by atoms with Crippen LogP contribution >= 0.6 is 27.5 Å². The quantitative estimate of drug-likeness (QED) is 0.762. The predicted octanol–water partition coefficient (Wildman–Crippen LogP) is 5.19. The second-order valence-corrected chi connectivity index (χ2v) is 5.43. The van der Waals surface area contributed by atoms with Gasteiger partial charge >= 0.3 is 6.03 Å². The van der Waals surface area contributed by atoms with Crippen molar-refractivity contribution in [3.05, 3.63) is 57.3 Å². The predicted molar refractivity (Wildman–Crippen MR) is 82.9 cm³/mol. The lowest BCUT2D eigenvalue weighted by atomic mass is 10.2. The topological polar surface area (TPSA) is 41.1 Å². The molecule has 0 fully saturated rings. The number of urea groups is 1. The molecule has 20 heavy (non-hydrogen) atoms. The Bertz CT molecular complexity index is 664. The Labute approximate surface area is 129 Å². The molecule has 0 aliphatic carbocycles. The van der Waals surface area contributed by atoms with Gasteiger partial charge in [-0.1, -0.05) is 17.7 Å². The van der Waals surface area contributed by atoms with E-state index in [1.165, 1.54) is 18.2 Å². The minimum atomic E-state index is -0.476. The number of carbonyl (C=O) groups is 1. The normalized spacial score (nSPS) is 10.2. The molecule has 104 valence electrons. The first-order valence-electron chi connectivity index (χ1n) is 5.75. The van der Waals surface area contributed by atoms with Crippen molar-refractivity contribution in [3.8, 4) is 0 Å². The van der Waals surface area contributed by atoms with Crippen LogP contribution in [0.4, 0.5) is 20.6 Å². The molecule has 2 N–H and O–H groups in total. The molecule has 0 aliphatic heterocycles. The smallest absolute Gasteiger partial charge is 0.308 e. The lowest BCUT2D eigenvalue weighted by Crippen LogP contribution is -2.19. The fourth-order valence-corrected chi connectivity index (χ4v) is 2.31. The Kier molecular flexibility index (Phi) is 4.62. The first-order valence-corrected chi connectivity index (χ1v) is 6.92. The van der Waals surface area contributed by atoms with Crippen LogP contribution in [0.15, 0.2) is 40.9 Å². The summed E-state index contributed by atoms with van der Waals surface area (Å²) in [5.41, 5.74) is 1.81. The van der Waals surface area contributed by atoms with Crippen molar-refractivity contribution in [2.24, 2.45) is 0 Å². The molecule has 2 aromatic rings. The van der Waals surface area contributed by atoms with Crippen LogP contribution in [0.1, 0.15) is 5.56 Å². The maximum Gasteiger partial charge on any atom is 0.323 e. The van der Waals surface area contributed by atoms with E-state index in [4.69, 9.17) is 11.6 Å². The van der Waals surface area contributed by atoms with Gasteiger partial charge in [-0.15, -0.1) is 0 Å².